The van der Waals surface area contributed by atoms with Crippen molar-refractivity contribution in [3.63, 3.8) is 0 Å². The Balaban J connectivity index is 1.86. The van der Waals surface area contributed by atoms with Crippen LogP contribution >= 0.6 is 0 Å². The lowest BCUT2D eigenvalue weighted by atomic mass is 9.78. The van der Waals surface area contributed by atoms with Gasteiger partial charge >= 0.3 is 0 Å². The highest BCUT2D eigenvalue weighted by atomic mass is 16.5. The summed E-state index contributed by atoms with van der Waals surface area (Å²) in [6, 6.07) is 0. The van der Waals surface area contributed by atoms with Gasteiger partial charge in [-0.25, -0.2) is 0 Å². The summed E-state index contributed by atoms with van der Waals surface area (Å²) >= 11 is 0. The molecule has 2 unspecified atom stereocenters. The van der Waals surface area contributed by atoms with Gasteiger partial charge in [0.05, 0.1) is 12.2 Å². The molecule has 0 saturated heterocycles. The summed E-state index contributed by atoms with van der Waals surface area (Å²) in [6.45, 7) is 5.09. The molecule has 2 fully saturated rings. The molecule has 0 radical (unpaired) electrons. The van der Waals surface area contributed by atoms with Crippen LogP contribution in [0.1, 0.15) is 52.4 Å². The number of aliphatic hydroxyl groups excluding tert-OH is 1. The average molecular weight is 226 g/mol. The Labute approximate surface area is 99.4 Å². The van der Waals surface area contributed by atoms with E-state index < -0.39 is 0 Å². The molecule has 0 aromatic heterocycles. The van der Waals surface area contributed by atoms with Gasteiger partial charge in [0, 0.05) is 6.61 Å². The number of rotatable bonds is 5. The highest BCUT2D eigenvalue weighted by Gasteiger charge is 2.40. The van der Waals surface area contributed by atoms with Crippen molar-refractivity contribution in [2.24, 2.45) is 17.8 Å². The normalized spacial score (nSPS) is 34.7. The topological polar surface area (TPSA) is 29.5 Å². The molecule has 2 aliphatic rings. The second-order valence-electron chi connectivity index (χ2n) is 5.77. The van der Waals surface area contributed by atoms with Crippen LogP contribution in [-0.2, 0) is 4.74 Å². The lowest BCUT2D eigenvalue weighted by Gasteiger charge is -2.34. The van der Waals surface area contributed by atoms with Gasteiger partial charge in [-0.3, -0.25) is 0 Å². The zero-order valence-corrected chi connectivity index (χ0v) is 10.7. The quantitative estimate of drug-likeness (QED) is 0.781. The predicted octanol–water partition coefficient (Wildman–Crippen LogP) is 2.99. The minimum Gasteiger partial charge on any atom is -0.390 e. The summed E-state index contributed by atoms with van der Waals surface area (Å²) in [7, 11) is 0. The van der Waals surface area contributed by atoms with Crippen LogP contribution in [0, 0.1) is 17.8 Å². The van der Waals surface area contributed by atoms with E-state index in [9.17, 15) is 5.11 Å². The third-order valence-electron chi connectivity index (χ3n) is 4.33. The van der Waals surface area contributed by atoms with Crippen molar-refractivity contribution in [1.82, 2.24) is 0 Å². The van der Waals surface area contributed by atoms with Crippen LogP contribution in [0.5, 0.6) is 0 Å². The summed E-state index contributed by atoms with van der Waals surface area (Å²) in [6.07, 6.45) is 7.38. The monoisotopic (exact) mass is 226 g/mol. The van der Waals surface area contributed by atoms with E-state index in [2.05, 4.69) is 6.92 Å². The molecule has 2 nitrogen and oxygen atoms in total. The molecule has 2 rings (SSSR count). The highest BCUT2D eigenvalue weighted by molar-refractivity contribution is 4.90. The zero-order chi connectivity index (χ0) is 11.5. The van der Waals surface area contributed by atoms with E-state index in [4.69, 9.17) is 4.74 Å². The van der Waals surface area contributed by atoms with Crippen LogP contribution in [0.15, 0.2) is 0 Å². The standard InChI is InChI=1S/C14H26O2/c1-3-16-14(12-8-9-12)13(15)11-6-4-10(2)5-7-11/h10-15H,3-9H2,1-2H3. The molecule has 2 heteroatoms. The van der Waals surface area contributed by atoms with Gasteiger partial charge < -0.3 is 9.84 Å². The highest BCUT2D eigenvalue weighted by Crippen LogP contribution is 2.40. The van der Waals surface area contributed by atoms with Gasteiger partial charge in [-0.15, -0.1) is 0 Å². The fraction of sp³-hybridized carbons (Fsp3) is 1.00. The Hall–Kier alpha value is -0.0800. The summed E-state index contributed by atoms with van der Waals surface area (Å²) in [5, 5.41) is 10.4. The third-order valence-corrected chi connectivity index (χ3v) is 4.33. The van der Waals surface area contributed by atoms with Crippen LogP contribution < -0.4 is 0 Å². The fourth-order valence-corrected chi connectivity index (χ4v) is 3.03. The molecule has 94 valence electrons. The van der Waals surface area contributed by atoms with Crippen LogP contribution in [0.4, 0.5) is 0 Å². The SMILES string of the molecule is CCOC(C1CC1)C(O)C1CCC(C)CC1. The molecule has 0 bridgehead atoms. The summed E-state index contributed by atoms with van der Waals surface area (Å²) in [5.41, 5.74) is 0. The molecule has 0 amide bonds. The molecule has 16 heavy (non-hydrogen) atoms. The maximum atomic E-state index is 10.4. The molecule has 0 heterocycles. The van der Waals surface area contributed by atoms with Crippen molar-refractivity contribution in [1.29, 1.82) is 0 Å². The van der Waals surface area contributed by atoms with Crippen molar-refractivity contribution < 1.29 is 9.84 Å². The Kier molecular flexibility index (Phi) is 4.26. The lowest BCUT2D eigenvalue weighted by Crippen LogP contribution is -2.38. The molecular formula is C14H26O2. The van der Waals surface area contributed by atoms with Crippen molar-refractivity contribution in [3.8, 4) is 0 Å². The first-order valence-corrected chi connectivity index (χ1v) is 7.02. The molecule has 0 spiro atoms. The summed E-state index contributed by atoms with van der Waals surface area (Å²) < 4.78 is 5.76. The van der Waals surface area contributed by atoms with E-state index in [1.54, 1.807) is 0 Å². The van der Waals surface area contributed by atoms with Gasteiger partial charge in [-0.2, -0.15) is 0 Å². The largest absolute Gasteiger partial charge is 0.390 e. The Bertz CT molecular complexity index is 205. The minimum absolute atomic E-state index is 0.128. The maximum absolute atomic E-state index is 10.4. The van der Waals surface area contributed by atoms with Gasteiger partial charge in [0.2, 0.25) is 0 Å². The van der Waals surface area contributed by atoms with Gasteiger partial charge in [0.15, 0.2) is 0 Å². The maximum Gasteiger partial charge on any atom is 0.0864 e. The van der Waals surface area contributed by atoms with Crippen LogP contribution in [0.3, 0.4) is 0 Å². The molecule has 0 aromatic rings. The van der Waals surface area contributed by atoms with Gasteiger partial charge in [0.1, 0.15) is 0 Å². The van der Waals surface area contributed by atoms with E-state index in [0.717, 1.165) is 12.5 Å². The van der Waals surface area contributed by atoms with Gasteiger partial charge in [-0.05, 0) is 50.4 Å². The number of hydrogen-bond acceptors (Lipinski definition) is 2. The van der Waals surface area contributed by atoms with Gasteiger partial charge in [-0.1, -0.05) is 19.8 Å². The predicted molar refractivity (Wildman–Crippen MR) is 65.3 cm³/mol. The molecule has 2 saturated carbocycles. The number of hydrogen-bond donors (Lipinski definition) is 1. The molecular weight excluding hydrogens is 200 g/mol. The van der Waals surface area contributed by atoms with Crippen molar-refractivity contribution in [3.05, 3.63) is 0 Å². The smallest absolute Gasteiger partial charge is 0.0864 e. The Morgan fingerprint density at radius 2 is 1.62 bits per heavy atom. The van der Waals surface area contributed by atoms with E-state index in [0.29, 0.717) is 11.8 Å². The summed E-state index contributed by atoms with van der Waals surface area (Å²) in [4.78, 5) is 0. The second kappa shape index (κ2) is 5.50. The average Bonchev–Trinajstić information content (AvgIpc) is 3.10. The first-order chi connectivity index (χ1) is 7.72. The molecule has 2 atom stereocenters. The number of ether oxygens (including phenoxy) is 1. The summed E-state index contributed by atoms with van der Waals surface area (Å²) in [5.74, 6) is 2.00. The van der Waals surface area contributed by atoms with Crippen molar-refractivity contribution in [2.75, 3.05) is 6.61 Å². The van der Waals surface area contributed by atoms with Crippen molar-refractivity contribution in [2.45, 2.75) is 64.6 Å². The first kappa shape index (κ1) is 12.4. The van der Waals surface area contributed by atoms with E-state index in [-0.39, 0.29) is 12.2 Å². The van der Waals surface area contributed by atoms with Gasteiger partial charge in [0.25, 0.3) is 0 Å². The first-order valence-electron chi connectivity index (χ1n) is 7.02. The minimum atomic E-state index is -0.208. The van der Waals surface area contributed by atoms with E-state index in [1.807, 2.05) is 6.92 Å². The van der Waals surface area contributed by atoms with Crippen LogP contribution in [-0.4, -0.2) is 23.9 Å². The molecule has 0 aliphatic heterocycles. The Morgan fingerprint density at radius 1 is 1.06 bits per heavy atom. The molecule has 2 aliphatic carbocycles. The van der Waals surface area contributed by atoms with Crippen LogP contribution in [0.25, 0.3) is 0 Å². The zero-order valence-electron chi connectivity index (χ0n) is 10.7. The van der Waals surface area contributed by atoms with Crippen LogP contribution in [0.2, 0.25) is 0 Å². The van der Waals surface area contributed by atoms with E-state index in [1.165, 1.54) is 38.5 Å². The van der Waals surface area contributed by atoms with Crippen molar-refractivity contribution >= 4 is 0 Å². The lowest BCUT2D eigenvalue weighted by molar-refractivity contribution is -0.0769. The Morgan fingerprint density at radius 3 is 2.12 bits per heavy atom. The van der Waals surface area contributed by atoms with E-state index >= 15 is 0 Å². The fourth-order valence-electron chi connectivity index (χ4n) is 3.03. The second-order valence-corrected chi connectivity index (χ2v) is 5.77. The molecule has 0 aromatic carbocycles. The third kappa shape index (κ3) is 2.98. The molecule has 1 N–H and O–H groups in total. The number of aliphatic hydroxyl groups is 1.